The lowest BCUT2D eigenvalue weighted by Crippen LogP contribution is -2.52. The molecule has 0 aromatic heterocycles. The van der Waals surface area contributed by atoms with E-state index in [-0.39, 0.29) is 6.42 Å². The maximum absolute atomic E-state index is 12.9. The van der Waals surface area contributed by atoms with E-state index < -0.39 is 46.6 Å². The first-order chi connectivity index (χ1) is 8.34. The standard InChI is InChI=1S/C7H9F5O6S/c8-6(9,10)5(7(11,12)19(15,16)17)18-4(14)2-1-3-13/h5,13H,1-3H2,(H,15,16,17). The summed E-state index contributed by atoms with van der Waals surface area (Å²) in [5.41, 5.74) is 0. The van der Waals surface area contributed by atoms with Crippen molar-refractivity contribution in [3.05, 3.63) is 0 Å². The quantitative estimate of drug-likeness (QED) is 0.425. The molecule has 0 heterocycles. The zero-order chi connectivity index (χ0) is 15.5. The van der Waals surface area contributed by atoms with E-state index in [2.05, 4.69) is 4.74 Å². The smallest absolute Gasteiger partial charge is 0.432 e. The Morgan fingerprint density at radius 1 is 1.21 bits per heavy atom. The molecule has 12 heteroatoms. The molecule has 0 aromatic carbocycles. The van der Waals surface area contributed by atoms with Crippen molar-refractivity contribution in [2.75, 3.05) is 6.61 Å². The van der Waals surface area contributed by atoms with Gasteiger partial charge in [-0.05, 0) is 6.42 Å². The highest BCUT2D eigenvalue weighted by atomic mass is 32.2. The molecule has 0 aliphatic rings. The van der Waals surface area contributed by atoms with Crippen LogP contribution in [0.25, 0.3) is 0 Å². The molecule has 0 rings (SSSR count). The molecule has 114 valence electrons. The molecule has 1 unspecified atom stereocenters. The van der Waals surface area contributed by atoms with Crippen LogP contribution in [0, 0.1) is 0 Å². The number of hydrogen-bond acceptors (Lipinski definition) is 5. The molecule has 1 atom stereocenters. The summed E-state index contributed by atoms with van der Waals surface area (Å²) in [6, 6.07) is 0. The van der Waals surface area contributed by atoms with Crippen LogP contribution in [0.1, 0.15) is 12.8 Å². The van der Waals surface area contributed by atoms with Gasteiger partial charge in [0.15, 0.2) is 0 Å². The third kappa shape index (κ3) is 4.87. The molecule has 0 saturated carbocycles. The molecular formula is C7H9F5O6S. The summed E-state index contributed by atoms with van der Waals surface area (Å²) < 4.78 is 94.3. The highest BCUT2D eigenvalue weighted by Gasteiger charge is 2.65. The molecule has 6 nitrogen and oxygen atoms in total. The number of esters is 1. The minimum absolute atomic E-state index is 0.360. The van der Waals surface area contributed by atoms with E-state index in [0.717, 1.165) is 0 Å². The molecule has 0 bridgehead atoms. The van der Waals surface area contributed by atoms with Crippen molar-refractivity contribution in [3.8, 4) is 0 Å². The molecule has 0 fully saturated rings. The van der Waals surface area contributed by atoms with Gasteiger partial charge in [-0.1, -0.05) is 0 Å². The van der Waals surface area contributed by atoms with Gasteiger partial charge in [0.1, 0.15) is 0 Å². The minimum atomic E-state index is -6.43. The Morgan fingerprint density at radius 3 is 2.00 bits per heavy atom. The number of hydrogen-bond donors (Lipinski definition) is 2. The number of ether oxygens (including phenoxy) is 1. The monoisotopic (exact) mass is 316 g/mol. The third-order valence-corrected chi connectivity index (χ3v) is 2.64. The number of carbonyl (C=O) groups is 1. The van der Waals surface area contributed by atoms with Crippen LogP contribution in [0.15, 0.2) is 0 Å². The summed E-state index contributed by atoms with van der Waals surface area (Å²) in [7, 11) is -6.43. The molecule has 0 spiro atoms. The molecule has 19 heavy (non-hydrogen) atoms. The number of carbonyl (C=O) groups excluding carboxylic acids is 1. The third-order valence-electron chi connectivity index (χ3n) is 1.73. The SMILES string of the molecule is O=C(CCCO)OC(C(F)(F)F)C(F)(F)S(=O)(=O)O. The lowest BCUT2D eigenvalue weighted by atomic mass is 10.3. The van der Waals surface area contributed by atoms with Gasteiger partial charge in [0.25, 0.3) is 6.10 Å². The normalized spacial score (nSPS) is 15.1. The van der Waals surface area contributed by atoms with Gasteiger partial charge >= 0.3 is 27.5 Å². The summed E-state index contributed by atoms with van der Waals surface area (Å²) in [6.07, 6.45) is -11.4. The fourth-order valence-electron chi connectivity index (χ4n) is 0.875. The first kappa shape index (κ1) is 18.0. The van der Waals surface area contributed by atoms with Crippen molar-refractivity contribution in [2.45, 2.75) is 30.4 Å². The van der Waals surface area contributed by atoms with Gasteiger partial charge in [0.2, 0.25) is 0 Å². The van der Waals surface area contributed by atoms with Crippen LogP contribution in [-0.4, -0.2) is 48.2 Å². The van der Waals surface area contributed by atoms with Crippen LogP contribution in [0.5, 0.6) is 0 Å². The van der Waals surface area contributed by atoms with Crippen molar-refractivity contribution in [1.82, 2.24) is 0 Å². The zero-order valence-electron chi connectivity index (χ0n) is 9.02. The number of aliphatic hydroxyl groups is 1. The molecule has 0 aliphatic heterocycles. The van der Waals surface area contributed by atoms with Gasteiger partial charge in [0, 0.05) is 13.0 Å². The second kappa shape index (κ2) is 5.96. The van der Waals surface area contributed by atoms with Crippen LogP contribution < -0.4 is 0 Å². The van der Waals surface area contributed by atoms with Crippen LogP contribution in [-0.2, 0) is 19.6 Å². The molecule has 2 N–H and O–H groups in total. The Morgan fingerprint density at radius 2 is 1.68 bits per heavy atom. The second-order valence-electron chi connectivity index (χ2n) is 3.28. The molecule has 0 aliphatic carbocycles. The Balaban J connectivity index is 5.22. The Bertz CT molecular complexity index is 416. The minimum Gasteiger partial charge on any atom is -0.445 e. The van der Waals surface area contributed by atoms with E-state index in [0.29, 0.717) is 0 Å². The zero-order valence-corrected chi connectivity index (χ0v) is 9.84. The van der Waals surface area contributed by atoms with Gasteiger partial charge in [0.05, 0.1) is 0 Å². The average molecular weight is 316 g/mol. The van der Waals surface area contributed by atoms with Crippen molar-refractivity contribution < 1.29 is 49.6 Å². The van der Waals surface area contributed by atoms with E-state index in [1.807, 2.05) is 0 Å². The van der Waals surface area contributed by atoms with Gasteiger partial charge in [-0.2, -0.15) is 30.4 Å². The highest BCUT2D eigenvalue weighted by molar-refractivity contribution is 7.86. The summed E-state index contributed by atoms with van der Waals surface area (Å²) >= 11 is 0. The number of rotatable bonds is 6. The van der Waals surface area contributed by atoms with Crippen LogP contribution in [0.2, 0.25) is 0 Å². The Labute approximate surface area is 103 Å². The van der Waals surface area contributed by atoms with Crippen molar-refractivity contribution in [3.63, 3.8) is 0 Å². The lowest BCUT2D eigenvalue weighted by molar-refractivity contribution is -0.259. The molecule has 0 aromatic rings. The van der Waals surface area contributed by atoms with Crippen molar-refractivity contribution in [1.29, 1.82) is 0 Å². The summed E-state index contributed by atoms with van der Waals surface area (Å²) in [4.78, 5) is 10.8. The van der Waals surface area contributed by atoms with E-state index in [4.69, 9.17) is 9.66 Å². The maximum Gasteiger partial charge on any atom is 0.432 e. The van der Waals surface area contributed by atoms with Crippen molar-refractivity contribution in [2.24, 2.45) is 0 Å². The first-order valence-corrected chi connectivity index (χ1v) is 6.00. The van der Waals surface area contributed by atoms with Gasteiger partial charge in [-0.25, -0.2) is 0 Å². The first-order valence-electron chi connectivity index (χ1n) is 4.56. The second-order valence-corrected chi connectivity index (χ2v) is 4.77. The topological polar surface area (TPSA) is 101 Å². The highest BCUT2D eigenvalue weighted by Crippen LogP contribution is 2.38. The predicted molar refractivity (Wildman–Crippen MR) is 48.8 cm³/mol. The van der Waals surface area contributed by atoms with E-state index in [9.17, 15) is 35.2 Å². The molecular weight excluding hydrogens is 307 g/mol. The molecule has 0 radical (unpaired) electrons. The van der Waals surface area contributed by atoms with E-state index >= 15 is 0 Å². The van der Waals surface area contributed by atoms with Gasteiger partial charge < -0.3 is 9.84 Å². The summed E-state index contributed by atoms with van der Waals surface area (Å²) in [5.74, 6) is -1.79. The predicted octanol–water partition coefficient (Wildman–Crippen LogP) is 0.714. The lowest BCUT2D eigenvalue weighted by Gasteiger charge is -2.25. The van der Waals surface area contributed by atoms with Crippen molar-refractivity contribution >= 4 is 16.1 Å². The largest absolute Gasteiger partial charge is 0.445 e. The summed E-state index contributed by atoms with van der Waals surface area (Å²) in [6.45, 7) is -0.611. The van der Waals surface area contributed by atoms with Crippen LogP contribution in [0.3, 0.4) is 0 Å². The maximum atomic E-state index is 12.9. The van der Waals surface area contributed by atoms with Gasteiger partial charge in [-0.3, -0.25) is 9.35 Å². The van der Waals surface area contributed by atoms with E-state index in [1.165, 1.54) is 0 Å². The number of alkyl halides is 5. The fourth-order valence-corrected chi connectivity index (χ4v) is 1.33. The summed E-state index contributed by atoms with van der Waals surface area (Å²) in [5, 5.41) is 2.55. The number of halogens is 5. The van der Waals surface area contributed by atoms with Gasteiger partial charge in [-0.15, -0.1) is 0 Å². The van der Waals surface area contributed by atoms with Crippen LogP contribution in [0.4, 0.5) is 22.0 Å². The average Bonchev–Trinajstić information content (AvgIpc) is 2.19. The van der Waals surface area contributed by atoms with Crippen LogP contribution >= 0.6 is 0 Å². The Hall–Kier alpha value is -1.01. The Kier molecular flexibility index (Phi) is 5.65. The number of aliphatic hydroxyl groups excluding tert-OH is 1. The molecule has 0 amide bonds. The fraction of sp³-hybridized carbons (Fsp3) is 0.857. The molecule has 0 saturated heterocycles. The van der Waals surface area contributed by atoms with E-state index in [1.54, 1.807) is 0 Å².